The maximum atomic E-state index is 10.2. The summed E-state index contributed by atoms with van der Waals surface area (Å²) in [5.41, 5.74) is 1.10. The molecule has 116 valence electrons. The quantitative estimate of drug-likeness (QED) is 0.849. The van der Waals surface area contributed by atoms with Gasteiger partial charge in [-0.25, -0.2) is 0 Å². The van der Waals surface area contributed by atoms with Gasteiger partial charge in [-0.3, -0.25) is 4.90 Å². The van der Waals surface area contributed by atoms with Crippen molar-refractivity contribution in [3.63, 3.8) is 0 Å². The minimum atomic E-state index is -0.0538. The summed E-state index contributed by atoms with van der Waals surface area (Å²) in [6.07, 6.45) is 10.2. The molecule has 2 heteroatoms. The highest BCUT2D eigenvalue weighted by molar-refractivity contribution is 5.01. The van der Waals surface area contributed by atoms with E-state index in [2.05, 4.69) is 25.7 Å². The molecule has 3 unspecified atom stereocenters. The molecule has 20 heavy (non-hydrogen) atoms. The van der Waals surface area contributed by atoms with Crippen LogP contribution in [0, 0.1) is 16.7 Å². The summed E-state index contributed by atoms with van der Waals surface area (Å²) >= 11 is 0. The van der Waals surface area contributed by atoms with Crippen LogP contribution in [0.3, 0.4) is 0 Å². The molecule has 0 bridgehead atoms. The van der Waals surface area contributed by atoms with E-state index >= 15 is 0 Å². The Morgan fingerprint density at radius 3 is 2.50 bits per heavy atom. The molecule has 1 saturated heterocycles. The van der Waals surface area contributed by atoms with Crippen molar-refractivity contribution < 1.29 is 5.11 Å². The fourth-order valence-electron chi connectivity index (χ4n) is 5.04. The molecular formula is C18H33NO. The monoisotopic (exact) mass is 279 g/mol. The molecule has 1 spiro atoms. The van der Waals surface area contributed by atoms with E-state index in [1.807, 2.05) is 0 Å². The van der Waals surface area contributed by atoms with Crippen LogP contribution in [-0.4, -0.2) is 35.2 Å². The van der Waals surface area contributed by atoms with Gasteiger partial charge in [-0.1, -0.05) is 33.6 Å². The summed E-state index contributed by atoms with van der Waals surface area (Å²) < 4.78 is 0. The summed E-state index contributed by atoms with van der Waals surface area (Å²) in [5.74, 6) is 0.770. The molecule has 3 aliphatic rings. The average molecular weight is 279 g/mol. The van der Waals surface area contributed by atoms with Gasteiger partial charge in [0.25, 0.3) is 0 Å². The van der Waals surface area contributed by atoms with Gasteiger partial charge in [0.05, 0.1) is 6.10 Å². The molecule has 0 aromatic carbocycles. The van der Waals surface area contributed by atoms with E-state index in [9.17, 15) is 5.11 Å². The molecule has 1 N–H and O–H groups in total. The summed E-state index contributed by atoms with van der Waals surface area (Å²) in [4.78, 5) is 2.77. The molecule has 0 radical (unpaired) electrons. The lowest BCUT2D eigenvalue weighted by atomic mass is 9.65. The highest BCUT2D eigenvalue weighted by Crippen LogP contribution is 2.51. The molecule has 3 atom stereocenters. The predicted molar refractivity (Wildman–Crippen MR) is 83.7 cm³/mol. The van der Waals surface area contributed by atoms with Crippen molar-refractivity contribution in [1.29, 1.82) is 0 Å². The molecule has 2 nitrogen and oxygen atoms in total. The van der Waals surface area contributed by atoms with Crippen molar-refractivity contribution in [2.45, 2.75) is 84.3 Å². The lowest BCUT2D eigenvalue weighted by molar-refractivity contribution is -0.0173. The SMILES string of the molecule is CCC(C)(C)C1CCC(O)CC1N1CCC2(CCC2)C1. The Labute approximate surface area is 124 Å². The number of rotatable bonds is 3. The Morgan fingerprint density at radius 2 is 1.95 bits per heavy atom. The van der Waals surface area contributed by atoms with Crippen molar-refractivity contribution in [1.82, 2.24) is 4.90 Å². The Morgan fingerprint density at radius 1 is 1.20 bits per heavy atom. The molecule has 2 aliphatic carbocycles. The van der Waals surface area contributed by atoms with Gasteiger partial charge in [0.1, 0.15) is 0 Å². The number of likely N-dealkylation sites (tertiary alicyclic amines) is 1. The molecule has 0 amide bonds. The van der Waals surface area contributed by atoms with Gasteiger partial charge in [0.2, 0.25) is 0 Å². The average Bonchev–Trinajstić information content (AvgIpc) is 2.83. The molecule has 2 saturated carbocycles. The fourth-order valence-corrected chi connectivity index (χ4v) is 5.04. The van der Waals surface area contributed by atoms with E-state index in [4.69, 9.17) is 0 Å². The first kappa shape index (κ1) is 14.8. The second kappa shape index (κ2) is 5.28. The molecule has 0 aromatic rings. The van der Waals surface area contributed by atoms with Crippen molar-refractivity contribution in [2.24, 2.45) is 16.7 Å². The van der Waals surface area contributed by atoms with Gasteiger partial charge in [0, 0.05) is 12.6 Å². The molecule has 0 aromatic heterocycles. The Hall–Kier alpha value is -0.0800. The maximum absolute atomic E-state index is 10.2. The first-order valence-electron chi connectivity index (χ1n) is 8.88. The number of hydrogen-bond acceptors (Lipinski definition) is 2. The van der Waals surface area contributed by atoms with E-state index in [-0.39, 0.29) is 6.10 Å². The largest absolute Gasteiger partial charge is 0.393 e. The Balaban J connectivity index is 1.73. The number of aliphatic hydroxyl groups is 1. The van der Waals surface area contributed by atoms with E-state index in [1.165, 1.54) is 51.6 Å². The van der Waals surface area contributed by atoms with Gasteiger partial charge >= 0.3 is 0 Å². The van der Waals surface area contributed by atoms with Crippen molar-refractivity contribution in [3.8, 4) is 0 Å². The van der Waals surface area contributed by atoms with Gasteiger partial charge in [-0.2, -0.15) is 0 Å². The zero-order chi connectivity index (χ0) is 14.4. The van der Waals surface area contributed by atoms with Crippen LogP contribution in [0.25, 0.3) is 0 Å². The van der Waals surface area contributed by atoms with E-state index in [1.54, 1.807) is 0 Å². The summed E-state index contributed by atoms with van der Waals surface area (Å²) in [6.45, 7) is 9.82. The minimum Gasteiger partial charge on any atom is -0.393 e. The van der Waals surface area contributed by atoms with Crippen LogP contribution in [-0.2, 0) is 0 Å². The predicted octanol–water partition coefficient (Wildman–Crippen LogP) is 3.83. The fraction of sp³-hybridized carbons (Fsp3) is 1.00. The standard InChI is InChI=1S/C18H33NO/c1-4-17(2,3)15-7-6-14(20)12-16(15)19-11-10-18(13-19)8-5-9-18/h14-16,20H,4-13H2,1-3H3. The van der Waals surface area contributed by atoms with Crippen LogP contribution in [0.5, 0.6) is 0 Å². The van der Waals surface area contributed by atoms with E-state index in [0.29, 0.717) is 16.9 Å². The van der Waals surface area contributed by atoms with Crippen LogP contribution >= 0.6 is 0 Å². The van der Waals surface area contributed by atoms with Crippen LogP contribution < -0.4 is 0 Å². The molecule has 1 heterocycles. The van der Waals surface area contributed by atoms with Crippen LogP contribution in [0.2, 0.25) is 0 Å². The summed E-state index contributed by atoms with van der Waals surface area (Å²) in [5, 5.41) is 10.2. The number of nitrogens with zero attached hydrogens (tertiary/aromatic N) is 1. The first-order valence-corrected chi connectivity index (χ1v) is 8.88. The molecule has 3 fully saturated rings. The van der Waals surface area contributed by atoms with Gasteiger partial charge in [0.15, 0.2) is 0 Å². The zero-order valence-electron chi connectivity index (χ0n) is 13.7. The van der Waals surface area contributed by atoms with Crippen molar-refractivity contribution >= 4 is 0 Å². The van der Waals surface area contributed by atoms with E-state index < -0.39 is 0 Å². The van der Waals surface area contributed by atoms with Crippen LogP contribution in [0.4, 0.5) is 0 Å². The molecular weight excluding hydrogens is 246 g/mol. The third-order valence-corrected chi connectivity index (χ3v) is 7.06. The third kappa shape index (κ3) is 2.54. The summed E-state index contributed by atoms with van der Waals surface area (Å²) in [6, 6.07) is 0.633. The molecule has 1 aliphatic heterocycles. The second-order valence-corrected chi connectivity index (χ2v) is 8.56. The zero-order valence-corrected chi connectivity index (χ0v) is 13.7. The highest BCUT2D eigenvalue weighted by atomic mass is 16.3. The van der Waals surface area contributed by atoms with Crippen LogP contribution in [0.1, 0.15) is 72.1 Å². The van der Waals surface area contributed by atoms with Gasteiger partial charge in [-0.15, -0.1) is 0 Å². The topological polar surface area (TPSA) is 23.5 Å². The molecule has 3 rings (SSSR count). The number of aliphatic hydroxyl groups excluding tert-OH is 1. The lowest BCUT2D eigenvalue weighted by Gasteiger charge is -2.48. The summed E-state index contributed by atoms with van der Waals surface area (Å²) in [7, 11) is 0. The third-order valence-electron chi connectivity index (χ3n) is 7.06. The van der Waals surface area contributed by atoms with Crippen molar-refractivity contribution in [3.05, 3.63) is 0 Å². The second-order valence-electron chi connectivity index (χ2n) is 8.56. The van der Waals surface area contributed by atoms with Crippen LogP contribution in [0.15, 0.2) is 0 Å². The van der Waals surface area contributed by atoms with Gasteiger partial charge < -0.3 is 5.11 Å². The normalized spacial score (nSPS) is 38.1. The van der Waals surface area contributed by atoms with Gasteiger partial charge in [-0.05, 0) is 61.8 Å². The smallest absolute Gasteiger partial charge is 0.0555 e. The maximum Gasteiger partial charge on any atom is 0.0555 e. The minimum absolute atomic E-state index is 0.0538. The Kier molecular flexibility index (Phi) is 3.92. The number of hydrogen-bond donors (Lipinski definition) is 1. The van der Waals surface area contributed by atoms with E-state index in [0.717, 1.165) is 18.8 Å². The highest BCUT2D eigenvalue weighted by Gasteiger charge is 2.48. The Bertz CT molecular complexity index is 347. The first-order chi connectivity index (χ1) is 9.46. The van der Waals surface area contributed by atoms with Crippen molar-refractivity contribution in [2.75, 3.05) is 13.1 Å². The lowest BCUT2D eigenvalue weighted by Crippen LogP contribution is -2.50.